The van der Waals surface area contributed by atoms with Gasteiger partial charge in [-0.05, 0) is 60.7 Å². The molecular weight excluding hydrogens is 543 g/mol. The first-order valence-corrected chi connectivity index (χ1v) is 12.8. The van der Waals surface area contributed by atoms with E-state index < -0.39 is 41.9 Å². The molecule has 0 bridgehead atoms. The molecule has 0 atom stereocenters. The molecule has 1 fully saturated rings. The Balaban J connectivity index is 0.000000302. The number of hydrogen-bond donors (Lipinski definition) is 5. The number of nitrogens with one attached hydrogen (secondary N) is 1. The molecule has 0 unspecified atom stereocenters. The van der Waals surface area contributed by atoms with Crippen molar-refractivity contribution in [3.05, 3.63) is 58.9 Å². The predicted molar refractivity (Wildman–Crippen MR) is 141 cm³/mol. The SMILES string of the molecule is CC(=O)NC1(c2ccc(F)cc2)CCN(Cc2cc3c(cc2C)OCO3)CC1.O=C(O)CC(O)(CC(=O)O)C(=O)O. The standard InChI is InChI=1S/C22H25FN2O3.C6H8O7/c1-15-11-20-21(28-14-27-20)12-17(15)13-25-9-7-22(8-10-25,24-16(2)26)18-3-5-19(23)6-4-18;7-3(8)1-6(13,5(11)12)2-4(9)10/h3-6,11-12H,7-10,13-14H2,1-2H3,(H,24,26);13H,1-2H2,(H,7,8)(H,9,10)(H,11,12). The number of carbonyl (C=O) groups is 4. The lowest BCUT2D eigenvalue weighted by Gasteiger charge is -2.43. The number of hydrogen-bond acceptors (Lipinski definition) is 8. The number of rotatable bonds is 9. The first-order chi connectivity index (χ1) is 19.2. The molecule has 0 aromatic heterocycles. The fraction of sp³-hybridized carbons (Fsp3) is 0.429. The average molecular weight is 577 g/mol. The first-order valence-electron chi connectivity index (χ1n) is 12.8. The fourth-order valence-corrected chi connectivity index (χ4v) is 4.90. The highest BCUT2D eigenvalue weighted by Gasteiger charge is 2.41. The van der Waals surface area contributed by atoms with Gasteiger partial charge in [0.05, 0.1) is 18.4 Å². The molecule has 1 amide bonds. The Labute approximate surface area is 235 Å². The smallest absolute Gasteiger partial charge is 0.336 e. The van der Waals surface area contributed by atoms with E-state index in [4.69, 9.17) is 29.9 Å². The molecule has 2 heterocycles. The van der Waals surface area contributed by atoms with Gasteiger partial charge in [-0.1, -0.05) is 12.1 Å². The van der Waals surface area contributed by atoms with Crippen molar-refractivity contribution in [2.45, 2.75) is 57.2 Å². The highest BCUT2D eigenvalue weighted by molar-refractivity contribution is 5.88. The number of fused-ring (bicyclic) bond motifs is 1. The maximum absolute atomic E-state index is 13.4. The second-order valence-electron chi connectivity index (χ2n) is 10.2. The van der Waals surface area contributed by atoms with Gasteiger partial charge in [0.2, 0.25) is 12.7 Å². The van der Waals surface area contributed by atoms with Crippen molar-refractivity contribution in [2.75, 3.05) is 19.9 Å². The number of likely N-dealkylation sites (tertiary alicyclic amines) is 1. The summed E-state index contributed by atoms with van der Waals surface area (Å²) in [6.07, 6.45) is -0.729. The van der Waals surface area contributed by atoms with Crippen LogP contribution < -0.4 is 14.8 Å². The van der Waals surface area contributed by atoms with Gasteiger partial charge in [0.15, 0.2) is 17.1 Å². The van der Waals surface area contributed by atoms with Gasteiger partial charge in [-0.2, -0.15) is 0 Å². The summed E-state index contributed by atoms with van der Waals surface area (Å²) in [6, 6.07) is 10.6. The van der Waals surface area contributed by atoms with Crippen molar-refractivity contribution in [1.82, 2.24) is 10.2 Å². The minimum atomic E-state index is -2.74. The van der Waals surface area contributed by atoms with Gasteiger partial charge in [0.1, 0.15) is 5.82 Å². The van der Waals surface area contributed by atoms with E-state index in [1.807, 2.05) is 6.07 Å². The number of carboxylic acids is 3. The van der Waals surface area contributed by atoms with Gasteiger partial charge in [-0.15, -0.1) is 0 Å². The van der Waals surface area contributed by atoms with Crippen molar-refractivity contribution in [1.29, 1.82) is 0 Å². The molecule has 2 aliphatic heterocycles. The second-order valence-corrected chi connectivity index (χ2v) is 10.2. The monoisotopic (exact) mass is 576 g/mol. The van der Waals surface area contributed by atoms with E-state index >= 15 is 0 Å². The molecule has 0 saturated carbocycles. The molecule has 41 heavy (non-hydrogen) atoms. The van der Waals surface area contributed by atoms with Crippen LogP contribution in [0.4, 0.5) is 4.39 Å². The van der Waals surface area contributed by atoms with Crippen molar-refractivity contribution in [3.8, 4) is 11.5 Å². The number of amides is 1. The summed E-state index contributed by atoms with van der Waals surface area (Å²) in [4.78, 5) is 44.7. The van der Waals surface area contributed by atoms with Gasteiger partial charge in [-0.25, -0.2) is 9.18 Å². The number of ether oxygens (including phenoxy) is 2. The third-order valence-corrected chi connectivity index (χ3v) is 7.03. The third kappa shape index (κ3) is 8.14. The zero-order valence-electron chi connectivity index (χ0n) is 22.7. The molecule has 0 aliphatic carbocycles. The van der Waals surface area contributed by atoms with E-state index in [2.05, 4.69) is 23.2 Å². The Morgan fingerprint density at radius 1 is 0.976 bits per heavy atom. The van der Waals surface area contributed by atoms with Crippen LogP contribution >= 0.6 is 0 Å². The van der Waals surface area contributed by atoms with E-state index in [-0.39, 0.29) is 18.5 Å². The maximum Gasteiger partial charge on any atom is 0.336 e. The van der Waals surface area contributed by atoms with Crippen LogP contribution in [-0.2, 0) is 31.3 Å². The molecule has 2 aliphatic rings. The molecule has 0 spiro atoms. The maximum atomic E-state index is 13.4. The molecule has 4 rings (SSSR count). The van der Waals surface area contributed by atoms with Crippen molar-refractivity contribution < 1.29 is 53.5 Å². The molecule has 0 radical (unpaired) electrons. The fourth-order valence-electron chi connectivity index (χ4n) is 4.90. The van der Waals surface area contributed by atoms with Crippen LogP contribution in [0.15, 0.2) is 36.4 Å². The van der Waals surface area contributed by atoms with Crippen LogP contribution in [0.3, 0.4) is 0 Å². The topological polar surface area (TPSA) is 183 Å². The second kappa shape index (κ2) is 13.0. The molecule has 13 heteroatoms. The zero-order chi connectivity index (χ0) is 30.4. The van der Waals surface area contributed by atoms with E-state index in [0.717, 1.165) is 49.5 Å². The van der Waals surface area contributed by atoms with Crippen LogP contribution in [-0.4, -0.2) is 74.6 Å². The molecular formula is C28H33FN2O10. The van der Waals surface area contributed by atoms with Gasteiger partial charge in [0.25, 0.3) is 0 Å². The zero-order valence-corrected chi connectivity index (χ0v) is 22.7. The summed E-state index contributed by atoms with van der Waals surface area (Å²) in [5, 5.41) is 36.9. The Hall–Kier alpha value is -4.23. The lowest BCUT2D eigenvalue weighted by Crippen LogP contribution is -2.52. The number of aliphatic carboxylic acids is 3. The summed E-state index contributed by atoms with van der Waals surface area (Å²) >= 11 is 0. The Morgan fingerprint density at radius 2 is 1.51 bits per heavy atom. The van der Waals surface area contributed by atoms with Crippen LogP contribution in [0.5, 0.6) is 11.5 Å². The normalized spacial score (nSPS) is 15.8. The summed E-state index contributed by atoms with van der Waals surface area (Å²) in [5.41, 5.74) is 0.181. The highest BCUT2D eigenvalue weighted by Crippen LogP contribution is 2.37. The van der Waals surface area contributed by atoms with Gasteiger partial charge < -0.3 is 35.2 Å². The Kier molecular flexibility index (Phi) is 9.89. The van der Waals surface area contributed by atoms with E-state index in [0.29, 0.717) is 0 Å². The molecule has 1 saturated heterocycles. The third-order valence-electron chi connectivity index (χ3n) is 7.03. The lowest BCUT2D eigenvalue weighted by molar-refractivity contribution is -0.170. The molecule has 222 valence electrons. The number of aliphatic hydroxyl groups is 1. The summed E-state index contributed by atoms with van der Waals surface area (Å²) in [5.74, 6) is -3.74. The quantitative estimate of drug-likeness (QED) is 0.295. The number of nitrogens with zero attached hydrogens (tertiary/aromatic N) is 1. The average Bonchev–Trinajstić information content (AvgIpc) is 3.32. The van der Waals surface area contributed by atoms with E-state index in [1.165, 1.54) is 30.2 Å². The molecule has 5 N–H and O–H groups in total. The minimum absolute atomic E-state index is 0.0654. The van der Waals surface area contributed by atoms with E-state index in [1.54, 1.807) is 12.1 Å². The van der Waals surface area contributed by atoms with Gasteiger partial charge >= 0.3 is 17.9 Å². The van der Waals surface area contributed by atoms with Crippen molar-refractivity contribution in [2.24, 2.45) is 0 Å². The van der Waals surface area contributed by atoms with Gasteiger partial charge in [0, 0.05) is 26.6 Å². The van der Waals surface area contributed by atoms with Crippen LogP contribution in [0.2, 0.25) is 0 Å². The van der Waals surface area contributed by atoms with E-state index in [9.17, 15) is 23.6 Å². The van der Waals surface area contributed by atoms with Crippen LogP contribution in [0, 0.1) is 12.7 Å². The molecule has 12 nitrogen and oxygen atoms in total. The Morgan fingerprint density at radius 3 is 2.00 bits per heavy atom. The minimum Gasteiger partial charge on any atom is -0.481 e. The number of benzene rings is 2. The number of piperidine rings is 1. The Bertz CT molecular complexity index is 1270. The number of halogens is 1. The number of carboxylic acid groups (broad SMARTS) is 3. The largest absolute Gasteiger partial charge is 0.481 e. The van der Waals surface area contributed by atoms with Crippen LogP contribution in [0.1, 0.15) is 49.3 Å². The van der Waals surface area contributed by atoms with Crippen molar-refractivity contribution >= 4 is 23.8 Å². The molecule has 2 aromatic carbocycles. The predicted octanol–water partition coefficient (Wildman–Crippen LogP) is 2.24. The summed E-state index contributed by atoms with van der Waals surface area (Å²) < 4.78 is 24.3. The highest BCUT2D eigenvalue weighted by atomic mass is 19.1. The summed E-state index contributed by atoms with van der Waals surface area (Å²) in [6.45, 7) is 6.40. The van der Waals surface area contributed by atoms with Crippen molar-refractivity contribution in [3.63, 3.8) is 0 Å². The number of carbonyl (C=O) groups excluding carboxylic acids is 1. The lowest BCUT2D eigenvalue weighted by atomic mass is 9.80. The summed E-state index contributed by atoms with van der Waals surface area (Å²) in [7, 11) is 0. The molecule has 2 aromatic rings. The van der Waals surface area contributed by atoms with Crippen LogP contribution in [0.25, 0.3) is 0 Å². The van der Waals surface area contributed by atoms with Gasteiger partial charge in [-0.3, -0.25) is 19.3 Å². The first kappa shape index (κ1) is 31.3. The number of aryl methyl sites for hydroxylation is 1.